The second kappa shape index (κ2) is 9.26. The Kier molecular flexibility index (Phi) is 9.93. The van der Waals surface area contributed by atoms with Crippen LogP contribution in [-0.4, -0.2) is 17.8 Å². The Balaban J connectivity index is 3.28. The molecule has 0 aromatic rings. The van der Waals surface area contributed by atoms with Crippen LogP contribution in [0.25, 0.3) is 0 Å². The molecule has 84 valence electrons. The summed E-state index contributed by atoms with van der Waals surface area (Å²) in [7, 11) is 5.64. The van der Waals surface area contributed by atoms with Crippen molar-refractivity contribution in [3.8, 4) is 0 Å². The van der Waals surface area contributed by atoms with E-state index in [4.69, 9.17) is 9.29 Å². The van der Waals surface area contributed by atoms with Crippen LogP contribution in [0.4, 0.5) is 0 Å². The van der Waals surface area contributed by atoms with Gasteiger partial charge < -0.3 is 0 Å². The van der Waals surface area contributed by atoms with E-state index < -0.39 is 17.8 Å². The molecule has 0 bridgehead atoms. The van der Waals surface area contributed by atoms with Crippen LogP contribution in [0.3, 0.4) is 0 Å². The predicted octanol–water partition coefficient (Wildman–Crippen LogP) is 5.05. The zero-order valence-corrected chi connectivity index (χ0v) is 14.0. The molecule has 14 heavy (non-hydrogen) atoms. The Morgan fingerprint density at radius 3 is 1.50 bits per heavy atom. The van der Waals surface area contributed by atoms with E-state index in [9.17, 15) is 0 Å². The molecular weight excluding hydrogens is 295 g/mol. The first kappa shape index (κ1) is 15.0. The molecule has 0 spiro atoms. The van der Waals surface area contributed by atoms with Crippen molar-refractivity contribution in [1.82, 2.24) is 0 Å². The van der Waals surface area contributed by atoms with E-state index >= 15 is 0 Å². The zero-order valence-electron chi connectivity index (χ0n) is 10.3. The van der Waals surface area contributed by atoms with Gasteiger partial charge >= 0.3 is 101 Å². The molecule has 0 aromatic heterocycles. The minimum absolute atomic E-state index is 0.872. The normalized spacial score (nSPS) is 11.3. The summed E-state index contributed by atoms with van der Waals surface area (Å²) in [5.41, 5.74) is 0. The van der Waals surface area contributed by atoms with Gasteiger partial charge in [-0.25, -0.2) is 0 Å². The van der Waals surface area contributed by atoms with Crippen molar-refractivity contribution in [2.45, 2.75) is 62.3 Å². The molecular formula is C12H26SSn. The van der Waals surface area contributed by atoms with E-state index in [1.165, 1.54) is 34.6 Å². The Bertz CT molecular complexity index is 136. The van der Waals surface area contributed by atoms with E-state index in [1.807, 2.05) is 0 Å². The zero-order chi connectivity index (χ0) is 11.0. The topological polar surface area (TPSA) is 0 Å². The first-order valence-electron chi connectivity index (χ1n) is 6.04. The fraction of sp³-hybridized carbons (Fsp3) is 1.00. The molecule has 0 amide bonds. The standard InChI is InChI=1S/2C6H13.S.Sn/c2*1-4-5-6(2)3;;/h2*6H,1,4-5H2,2-3H3;;. The van der Waals surface area contributed by atoms with E-state index in [1.54, 1.807) is 0 Å². The number of hydrogen-bond acceptors (Lipinski definition) is 1. The van der Waals surface area contributed by atoms with Gasteiger partial charge in [-0.3, -0.25) is 0 Å². The molecule has 2 heteroatoms. The summed E-state index contributed by atoms with van der Waals surface area (Å²) in [6, 6.07) is 0. The van der Waals surface area contributed by atoms with Crippen molar-refractivity contribution < 1.29 is 0 Å². The second-order valence-corrected chi connectivity index (χ2v) is 14.9. The van der Waals surface area contributed by atoms with Gasteiger partial charge in [0.05, 0.1) is 0 Å². The van der Waals surface area contributed by atoms with Gasteiger partial charge in [0.2, 0.25) is 0 Å². The summed E-state index contributed by atoms with van der Waals surface area (Å²) >= 11 is -1.27. The van der Waals surface area contributed by atoms with E-state index in [0.717, 1.165) is 11.8 Å². The van der Waals surface area contributed by atoms with Gasteiger partial charge in [0.1, 0.15) is 0 Å². The average molecular weight is 321 g/mol. The number of rotatable bonds is 8. The molecule has 0 aromatic carbocycles. The minimum atomic E-state index is -1.27. The second-order valence-electron chi connectivity index (χ2n) is 5.11. The van der Waals surface area contributed by atoms with Crippen LogP contribution in [-0.2, 0) is 0 Å². The van der Waals surface area contributed by atoms with Crippen LogP contribution in [0.1, 0.15) is 53.4 Å². The van der Waals surface area contributed by atoms with Gasteiger partial charge in [-0.1, -0.05) is 0 Å². The van der Waals surface area contributed by atoms with Gasteiger partial charge in [0, 0.05) is 0 Å². The summed E-state index contributed by atoms with van der Waals surface area (Å²) in [5, 5.41) is 0. The monoisotopic (exact) mass is 322 g/mol. The third-order valence-electron chi connectivity index (χ3n) is 2.47. The fourth-order valence-corrected chi connectivity index (χ4v) is 7.61. The molecule has 0 unspecified atom stereocenters. The molecule has 0 N–H and O–H groups in total. The van der Waals surface area contributed by atoms with Crippen molar-refractivity contribution in [1.29, 1.82) is 0 Å². The van der Waals surface area contributed by atoms with Gasteiger partial charge in [-0.15, -0.1) is 0 Å². The summed E-state index contributed by atoms with van der Waals surface area (Å²) in [4.78, 5) is 0. The summed E-state index contributed by atoms with van der Waals surface area (Å²) in [6.07, 6.45) is 5.62. The van der Waals surface area contributed by atoms with E-state index in [0.29, 0.717) is 0 Å². The van der Waals surface area contributed by atoms with Gasteiger partial charge in [-0.2, -0.15) is 0 Å². The molecule has 0 heterocycles. The quantitative estimate of drug-likeness (QED) is 0.564. The van der Waals surface area contributed by atoms with Crippen LogP contribution in [0.2, 0.25) is 8.87 Å². The third kappa shape index (κ3) is 11.1. The summed E-state index contributed by atoms with van der Waals surface area (Å²) in [5.74, 6) is 1.74. The first-order valence-corrected chi connectivity index (χ1v) is 14.0. The van der Waals surface area contributed by atoms with Crippen molar-refractivity contribution in [3.05, 3.63) is 0 Å². The van der Waals surface area contributed by atoms with Crippen LogP contribution >= 0.6 is 9.29 Å². The van der Waals surface area contributed by atoms with Crippen molar-refractivity contribution in [2.75, 3.05) is 0 Å². The Labute approximate surface area is 101 Å². The SMILES string of the molecule is CC(C)CC[CH2][Sn](=[S])[CH2]CCC(C)C. The van der Waals surface area contributed by atoms with Crippen molar-refractivity contribution >= 4 is 27.1 Å². The van der Waals surface area contributed by atoms with Crippen molar-refractivity contribution in [2.24, 2.45) is 11.8 Å². The fourth-order valence-electron chi connectivity index (χ4n) is 1.54. The van der Waals surface area contributed by atoms with Gasteiger partial charge in [0.15, 0.2) is 0 Å². The Morgan fingerprint density at radius 2 is 1.21 bits per heavy atom. The molecule has 0 fully saturated rings. The third-order valence-corrected chi connectivity index (χ3v) is 10.4. The van der Waals surface area contributed by atoms with Crippen LogP contribution < -0.4 is 0 Å². The molecule has 0 aliphatic heterocycles. The van der Waals surface area contributed by atoms with Crippen molar-refractivity contribution in [3.63, 3.8) is 0 Å². The maximum atomic E-state index is 5.64. The molecule has 0 saturated carbocycles. The first-order chi connectivity index (χ1) is 6.52. The molecule has 0 rings (SSSR count). The van der Waals surface area contributed by atoms with Crippen LogP contribution in [0, 0.1) is 11.8 Å². The Morgan fingerprint density at radius 1 is 0.857 bits per heavy atom. The molecule has 0 aliphatic carbocycles. The molecule has 0 saturated heterocycles. The molecule has 0 atom stereocenters. The van der Waals surface area contributed by atoms with Crippen LogP contribution in [0.5, 0.6) is 0 Å². The van der Waals surface area contributed by atoms with Gasteiger partial charge in [0.25, 0.3) is 0 Å². The number of hydrogen-bond donors (Lipinski definition) is 0. The van der Waals surface area contributed by atoms with Gasteiger partial charge in [-0.05, 0) is 0 Å². The average Bonchev–Trinajstić information content (AvgIpc) is 2.02. The van der Waals surface area contributed by atoms with Crippen LogP contribution in [0.15, 0.2) is 0 Å². The molecule has 0 aliphatic rings. The van der Waals surface area contributed by atoms with E-state index in [2.05, 4.69) is 27.7 Å². The Hall–Kier alpha value is 1.02. The van der Waals surface area contributed by atoms with E-state index in [-0.39, 0.29) is 0 Å². The molecule has 0 radical (unpaired) electrons. The molecule has 0 nitrogen and oxygen atoms in total. The predicted molar refractivity (Wildman–Crippen MR) is 71.1 cm³/mol. The maximum absolute atomic E-state index is 5.64. The summed E-state index contributed by atoms with van der Waals surface area (Å²) < 4.78 is 2.90. The summed E-state index contributed by atoms with van der Waals surface area (Å²) in [6.45, 7) is 9.24.